The summed E-state index contributed by atoms with van der Waals surface area (Å²) in [6, 6.07) is 4.23. The SMILES string of the molecule is CCC(C(=O)NS(C)(=O)=O)c1ccc(OS(=O)(=O)C(F)(F)F)cc1. The Morgan fingerprint density at radius 2 is 1.67 bits per heavy atom. The van der Waals surface area contributed by atoms with Crippen LogP contribution in [0, 0.1) is 0 Å². The molecule has 0 aromatic heterocycles. The molecule has 1 amide bonds. The summed E-state index contributed by atoms with van der Waals surface area (Å²) in [5.41, 5.74) is -5.28. The van der Waals surface area contributed by atoms with Gasteiger partial charge in [0.25, 0.3) is 0 Å². The van der Waals surface area contributed by atoms with E-state index in [9.17, 15) is 34.8 Å². The molecule has 0 aliphatic carbocycles. The number of amides is 1. The molecule has 12 heteroatoms. The summed E-state index contributed by atoms with van der Waals surface area (Å²) in [6.07, 6.45) is 1.01. The zero-order valence-electron chi connectivity index (χ0n) is 12.5. The second-order valence-electron chi connectivity index (χ2n) is 4.75. The van der Waals surface area contributed by atoms with Gasteiger partial charge < -0.3 is 4.18 Å². The maximum absolute atomic E-state index is 12.2. The van der Waals surface area contributed by atoms with Gasteiger partial charge in [-0.1, -0.05) is 19.1 Å². The second-order valence-corrected chi connectivity index (χ2v) is 8.04. The van der Waals surface area contributed by atoms with E-state index in [1.165, 1.54) is 12.1 Å². The van der Waals surface area contributed by atoms with Gasteiger partial charge in [-0.15, -0.1) is 0 Å². The van der Waals surface area contributed by atoms with Crippen LogP contribution in [0.2, 0.25) is 0 Å². The summed E-state index contributed by atoms with van der Waals surface area (Å²) in [7, 11) is -9.55. The van der Waals surface area contributed by atoms with Crippen LogP contribution in [0.15, 0.2) is 24.3 Å². The molecular formula is C12H14F3NO6S2. The van der Waals surface area contributed by atoms with Crippen LogP contribution in [-0.2, 0) is 24.9 Å². The Bertz CT molecular complexity index is 800. The first kappa shape index (κ1) is 20.2. The van der Waals surface area contributed by atoms with Crippen molar-refractivity contribution in [3.63, 3.8) is 0 Å². The summed E-state index contributed by atoms with van der Waals surface area (Å²) < 4.78 is 86.3. The monoisotopic (exact) mass is 389 g/mol. The van der Waals surface area contributed by atoms with Gasteiger partial charge in [-0.3, -0.25) is 9.52 Å². The zero-order valence-corrected chi connectivity index (χ0v) is 14.1. The van der Waals surface area contributed by atoms with Crippen molar-refractivity contribution < 1.29 is 39.0 Å². The van der Waals surface area contributed by atoms with Crippen LogP contribution in [0.25, 0.3) is 0 Å². The molecule has 0 radical (unpaired) electrons. The van der Waals surface area contributed by atoms with Crippen molar-refractivity contribution in [2.45, 2.75) is 24.8 Å². The number of hydrogen-bond acceptors (Lipinski definition) is 6. The largest absolute Gasteiger partial charge is 0.534 e. The van der Waals surface area contributed by atoms with Crippen LogP contribution in [-0.4, -0.2) is 34.5 Å². The maximum atomic E-state index is 12.2. The first-order valence-electron chi connectivity index (χ1n) is 6.39. The molecule has 0 aliphatic rings. The second kappa shape index (κ2) is 6.97. The molecule has 0 saturated heterocycles. The molecule has 0 heterocycles. The van der Waals surface area contributed by atoms with E-state index in [0.29, 0.717) is 0 Å². The van der Waals surface area contributed by atoms with Crippen molar-refractivity contribution in [3.8, 4) is 5.75 Å². The third kappa shape index (κ3) is 5.37. The minimum atomic E-state index is -5.79. The Morgan fingerprint density at radius 1 is 1.17 bits per heavy atom. The highest BCUT2D eigenvalue weighted by Gasteiger charge is 2.48. The summed E-state index contributed by atoms with van der Waals surface area (Å²) in [5.74, 6) is -2.28. The Morgan fingerprint density at radius 3 is 2.04 bits per heavy atom. The van der Waals surface area contributed by atoms with Crippen LogP contribution < -0.4 is 8.91 Å². The van der Waals surface area contributed by atoms with E-state index in [1.807, 2.05) is 0 Å². The van der Waals surface area contributed by atoms with Crippen LogP contribution in [0.1, 0.15) is 24.8 Å². The van der Waals surface area contributed by atoms with Crippen molar-refractivity contribution in [2.24, 2.45) is 0 Å². The molecule has 24 heavy (non-hydrogen) atoms. The number of halogens is 3. The van der Waals surface area contributed by atoms with E-state index in [2.05, 4.69) is 4.18 Å². The van der Waals surface area contributed by atoms with Crippen molar-refractivity contribution in [3.05, 3.63) is 29.8 Å². The molecule has 0 aliphatic heterocycles. The van der Waals surface area contributed by atoms with Gasteiger partial charge in [0, 0.05) is 0 Å². The summed E-state index contributed by atoms with van der Waals surface area (Å²) >= 11 is 0. The minimum absolute atomic E-state index is 0.211. The number of alkyl halides is 3. The van der Waals surface area contributed by atoms with Crippen LogP contribution in [0.4, 0.5) is 13.2 Å². The Kier molecular flexibility index (Phi) is 5.87. The van der Waals surface area contributed by atoms with Gasteiger partial charge in [0.05, 0.1) is 12.2 Å². The molecule has 1 unspecified atom stereocenters. The minimum Gasteiger partial charge on any atom is -0.376 e. The van der Waals surface area contributed by atoms with Crippen molar-refractivity contribution in [1.29, 1.82) is 0 Å². The molecular weight excluding hydrogens is 375 g/mol. The fourth-order valence-electron chi connectivity index (χ4n) is 1.76. The van der Waals surface area contributed by atoms with Crippen molar-refractivity contribution in [2.75, 3.05) is 6.26 Å². The first-order valence-corrected chi connectivity index (χ1v) is 9.69. The van der Waals surface area contributed by atoms with E-state index in [0.717, 1.165) is 18.4 Å². The van der Waals surface area contributed by atoms with E-state index in [4.69, 9.17) is 0 Å². The average molecular weight is 389 g/mol. The lowest BCUT2D eigenvalue weighted by atomic mass is 9.96. The zero-order chi connectivity index (χ0) is 18.8. The molecule has 0 saturated carbocycles. The molecule has 0 bridgehead atoms. The maximum Gasteiger partial charge on any atom is 0.534 e. The van der Waals surface area contributed by atoms with Gasteiger partial charge in [-0.05, 0) is 24.1 Å². The highest BCUT2D eigenvalue weighted by atomic mass is 32.2. The smallest absolute Gasteiger partial charge is 0.376 e. The summed E-state index contributed by atoms with van der Waals surface area (Å²) in [5, 5.41) is 0. The summed E-state index contributed by atoms with van der Waals surface area (Å²) in [4.78, 5) is 11.9. The number of sulfonamides is 1. The fraction of sp³-hybridized carbons (Fsp3) is 0.417. The van der Waals surface area contributed by atoms with Crippen LogP contribution >= 0.6 is 0 Å². The van der Waals surface area contributed by atoms with Crippen LogP contribution in [0.5, 0.6) is 5.75 Å². The highest BCUT2D eigenvalue weighted by molar-refractivity contribution is 7.89. The number of nitrogens with one attached hydrogen (secondary N) is 1. The number of benzene rings is 1. The highest BCUT2D eigenvalue weighted by Crippen LogP contribution is 2.28. The van der Waals surface area contributed by atoms with Gasteiger partial charge >= 0.3 is 15.6 Å². The van der Waals surface area contributed by atoms with Gasteiger partial charge in [0.2, 0.25) is 15.9 Å². The molecule has 0 spiro atoms. The lowest BCUT2D eigenvalue weighted by Crippen LogP contribution is -2.33. The quantitative estimate of drug-likeness (QED) is 0.584. The third-order valence-corrected chi connectivity index (χ3v) is 4.33. The van der Waals surface area contributed by atoms with E-state index >= 15 is 0 Å². The fourth-order valence-corrected chi connectivity index (χ4v) is 2.72. The van der Waals surface area contributed by atoms with E-state index < -0.39 is 43.2 Å². The van der Waals surface area contributed by atoms with Crippen molar-refractivity contribution in [1.82, 2.24) is 4.72 Å². The van der Waals surface area contributed by atoms with Gasteiger partial charge in [-0.2, -0.15) is 21.6 Å². The molecule has 1 N–H and O–H groups in total. The summed E-state index contributed by atoms with van der Waals surface area (Å²) in [6.45, 7) is 1.60. The molecule has 1 rings (SSSR count). The number of carbonyl (C=O) groups excluding carboxylic acids is 1. The number of carbonyl (C=O) groups is 1. The number of rotatable bonds is 6. The van der Waals surface area contributed by atoms with E-state index in [-0.39, 0.29) is 12.0 Å². The lowest BCUT2D eigenvalue weighted by Gasteiger charge is -2.15. The molecule has 1 aromatic carbocycles. The molecule has 1 atom stereocenters. The predicted molar refractivity (Wildman–Crippen MR) is 78.1 cm³/mol. The van der Waals surface area contributed by atoms with Gasteiger partial charge in [-0.25, -0.2) is 8.42 Å². The van der Waals surface area contributed by atoms with Gasteiger partial charge in [0.1, 0.15) is 5.75 Å². The lowest BCUT2D eigenvalue weighted by molar-refractivity contribution is -0.120. The van der Waals surface area contributed by atoms with Gasteiger partial charge in [0.15, 0.2) is 0 Å². The Balaban J connectivity index is 2.99. The Hall–Kier alpha value is -1.82. The Labute approximate surface area is 137 Å². The standard InChI is InChI=1S/C12H14F3NO6S2/c1-3-10(11(17)16-23(2,18)19)8-4-6-9(7-5-8)22-24(20,21)12(13,14)15/h4-7,10H,3H2,1-2H3,(H,16,17). The first-order chi connectivity index (χ1) is 10.8. The molecule has 0 fully saturated rings. The molecule has 136 valence electrons. The third-order valence-electron chi connectivity index (χ3n) is 2.78. The normalized spacial score (nSPS) is 14.0. The average Bonchev–Trinajstić information content (AvgIpc) is 2.37. The van der Waals surface area contributed by atoms with E-state index in [1.54, 1.807) is 11.6 Å². The topological polar surface area (TPSA) is 107 Å². The number of hydrogen-bond donors (Lipinski definition) is 1. The van der Waals surface area contributed by atoms with Crippen molar-refractivity contribution >= 4 is 26.0 Å². The molecule has 1 aromatic rings. The predicted octanol–water partition coefficient (Wildman–Crippen LogP) is 1.48. The van der Waals surface area contributed by atoms with Crippen LogP contribution in [0.3, 0.4) is 0 Å². The molecule has 7 nitrogen and oxygen atoms in total.